The van der Waals surface area contributed by atoms with Gasteiger partial charge in [-0.2, -0.15) is 0 Å². The van der Waals surface area contributed by atoms with Crippen molar-refractivity contribution in [2.75, 3.05) is 22.9 Å². The Morgan fingerprint density at radius 1 is 1.00 bits per heavy atom. The summed E-state index contributed by atoms with van der Waals surface area (Å²) in [5.74, 6) is -1.12. The molecule has 0 spiro atoms. The maximum Gasteiger partial charge on any atom is 0.330 e. The molecule has 3 aromatic carbocycles. The van der Waals surface area contributed by atoms with Gasteiger partial charge in [0.2, 0.25) is 5.91 Å². The van der Waals surface area contributed by atoms with Crippen LogP contribution in [0.1, 0.15) is 30.2 Å². The number of amides is 1. The third-order valence-electron chi connectivity index (χ3n) is 8.05. The first-order valence-corrected chi connectivity index (χ1v) is 17.4. The Morgan fingerprint density at radius 3 is 2.35 bits per heavy atom. The number of carbonyl (C=O) groups excluding carboxylic acids is 1. The number of aromatic amines is 1. The molecule has 3 heterocycles. The van der Waals surface area contributed by atoms with Crippen LogP contribution in [0.25, 0.3) is 27.0 Å². The molecule has 0 saturated carbocycles. The van der Waals surface area contributed by atoms with Crippen LogP contribution in [0.2, 0.25) is 0 Å². The number of nitrogens with two attached hydrogens (primary N) is 1. The summed E-state index contributed by atoms with van der Waals surface area (Å²) in [4.78, 5) is 64.3. The predicted molar refractivity (Wildman–Crippen MR) is 195 cm³/mol. The van der Waals surface area contributed by atoms with Gasteiger partial charge in [-0.15, -0.1) is 11.3 Å². The molecule has 0 atom stereocenters. The first-order chi connectivity index (χ1) is 23.7. The summed E-state index contributed by atoms with van der Waals surface area (Å²) in [6.07, 6.45) is 1.31. The molecule has 0 bridgehead atoms. The van der Waals surface area contributed by atoms with Crippen LogP contribution in [0.4, 0.5) is 15.9 Å². The zero-order chi connectivity index (χ0) is 34.7. The van der Waals surface area contributed by atoms with Crippen molar-refractivity contribution in [3.05, 3.63) is 132 Å². The van der Waals surface area contributed by atoms with Gasteiger partial charge in [-0.25, -0.2) is 14.2 Å². The highest BCUT2D eigenvalue weighted by molar-refractivity contribution is 7.99. The van der Waals surface area contributed by atoms with Crippen molar-refractivity contribution in [3.63, 3.8) is 0 Å². The minimum Gasteiger partial charge on any atom is -0.383 e. The fourth-order valence-corrected chi connectivity index (χ4v) is 7.63. The number of anilines is 2. The van der Waals surface area contributed by atoms with Gasteiger partial charge in [0.05, 0.1) is 23.4 Å². The van der Waals surface area contributed by atoms with E-state index in [0.29, 0.717) is 33.5 Å². The predicted octanol–water partition coefficient (Wildman–Crippen LogP) is 5.97. The van der Waals surface area contributed by atoms with Crippen LogP contribution < -0.4 is 27.4 Å². The van der Waals surface area contributed by atoms with E-state index in [4.69, 9.17) is 10.7 Å². The number of H-pyrrole nitrogens is 1. The van der Waals surface area contributed by atoms with E-state index < -0.39 is 17.2 Å². The average Bonchev–Trinajstić information content (AvgIpc) is 3.44. The largest absolute Gasteiger partial charge is 0.383 e. The first-order valence-electron chi connectivity index (χ1n) is 15.6. The van der Waals surface area contributed by atoms with Crippen molar-refractivity contribution >= 4 is 50.7 Å². The number of hydrogen-bond donors (Lipinski definition) is 2. The van der Waals surface area contributed by atoms with Crippen LogP contribution in [0.5, 0.6) is 0 Å². The van der Waals surface area contributed by atoms with Crippen molar-refractivity contribution in [2.24, 2.45) is 0 Å². The SMILES string of the molecule is CCCCN(C(=O)CSc1nc2sc(C)c(-c3ccc(F)cc3)c2c(=O)n1-c1ccccc1)c1c(N)n(Cc2ccccc2)c(=O)[nH]c1=O. The summed E-state index contributed by atoms with van der Waals surface area (Å²) < 4.78 is 16.5. The molecule has 0 aliphatic rings. The first kappa shape index (κ1) is 33.6. The lowest BCUT2D eigenvalue weighted by molar-refractivity contribution is -0.116. The Kier molecular flexibility index (Phi) is 9.92. The van der Waals surface area contributed by atoms with Gasteiger partial charge in [-0.1, -0.05) is 85.8 Å². The highest BCUT2D eigenvalue weighted by Gasteiger charge is 2.26. The summed E-state index contributed by atoms with van der Waals surface area (Å²) in [6.45, 7) is 4.14. The third-order valence-corrected chi connectivity index (χ3v) is 9.97. The molecule has 0 radical (unpaired) electrons. The number of fused-ring (bicyclic) bond motifs is 1. The number of aryl methyl sites for hydroxylation is 1. The van der Waals surface area contributed by atoms with Crippen LogP contribution in [-0.2, 0) is 11.3 Å². The summed E-state index contributed by atoms with van der Waals surface area (Å²) in [5.41, 5.74) is 7.33. The maximum atomic E-state index is 14.3. The lowest BCUT2D eigenvalue weighted by atomic mass is 10.0. The fraction of sp³-hybridized carbons (Fsp3) is 0.194. The quantitative estimate of drug-likeness (QED) is 0.126. The Balaban J connectivity index is 1.40. The van der Waals surface area contributed by atoms with Crippen LogP contribution in [0, 0.1) is 12.7 Å². The fourth-order valence-electron chi connectivity index (χ4n) is 5.65. The molecular formula is C36H33FN6O4S2. The van der Waals surface area contributed by atoms with Gasteiger partial charge in [-0.3, -0.25) is 28.5 Å². The number of aromatic nitrogens is 4. The lowest BCUT2D eigenvalue weighted by Gasteiger charge is -2.24. The number of nitrogens with one attached hydrogen (secondary N) is 1. The second-order valence-corrected chi connectivity index (χ2v) is 13.5. The summed E-state index contributed by atoms with van der Waals surface area (Å²) in [6, 6.07) is 24.2. The molecule has 0 saturated heterocycles. The molecule has 0 unspecified atom stereocenters. The van der Waals surface area contributed by atoms with E-state index in [1.165, 1.54) is 37.5 Å². The number of rotatable bonds is 11. The topological polar surface area (TPSA) is 136 Å². The Morgan fingerprint density at radius 2 is 1.67 bits per heavy atom. The molecule has 6 aromatic rings. The van der Waals surface area contributed by atoms with E-state index in [0.717, 1.165) is 28.6 Å². The van der Waals surface area contributed by atoms with Gasteiger partial charge >= 0.3 is 5.69 Å². The number of thiophene rings is 1. The van der Waals surface area contributed by atoms with Gasteiger partial charge in [0.15, 0.2) is 10.8 Å². The number of hydrogen-bond acceptors (Lipinski definition) is 8. The van der Waals surface area contributed by atoms with E-state index in [2.05, 4.69) is 4.98 Å². The molecule has 0 aliphatic carbocycles. The van der Waals surface area contributed by atoms with Gasteiger partial charge in [0, 0.05) is 17.0 Å². The van der Waals surface area contributed by atoms with Crippen LogP contribution >= 0.6 is 23.1 Å². The van der Waals surface area contributed by atoms with E-state index in [1.54, 1.807) is 36.4 Å². The minimum absolute atomic E-state index is 0.101. The molecule has 6 rings (SSSR count). The van der Waals surface area contributed by atoms with Crippen molar-refractivity contribution in [1.82, 2.24) is 19.1 Å². The summed E-state index contributed by atoms with van der Waals surface area (Å²) in [7, 11) is 0. The molecule has 250 valence electrons. The third kappa shape index (κ3) is 6.85. The standard InChI is InChI=1S/C36H33FN6O4S2/c1-3-4-19-41(30-31(38)42(35(47)39-32(30)45)20-23-11-7-5-8-12-23)27(44)21-48-36-40-33-29(34(46)43(36)26-13-9-6-10-14-26)28(22(2)49-33)24-15-17-25(37)18-16-24/h5-18H,3-4,19-21,38H2,1-2H3,(H,39,45,47). The number of nitrogen functional groups attached to an aromatic ring is 1. The molecular weight excluding hydrogens is 664 g/mol. The van der Waals surface area contributed by atoms with Crippen LogP contribution in [-0.4, -0.2) is 37.3 Å². The number of halogens is 1. The van der Waals surface area contributed by atoms with Crippen LogP contribution in [0.15, 0.2) is 104 Å². The molecule has 0 fully saturated rings. The van der Waals surface area contributed by atoms with Crippen molar-refractivity contribution in [1.29, 1.82) is 0 Å². The number of thioether (sulfide) groups is 1. The average molecular weight is 697 g/mol. The second-order valence-electron chi connectivity index (χ2n) is 11.3. The number of benzene rings is 3. The van der Waals surface area contributed by atoms with E-state index in [1.807, 2.05) is 50.2 Å². The number of para-hydroxylation sites is 1. The summed E-state index contributed by atoms with van der Waals surface area (Å²) in [5, 5.41) is 0.688. The Bertz CT molecular complexity index is 2320. The Labute approximate surface area is 288 Å². The number of carbonyl (C=O) groups is 1. The van der Waals surface area contributed by atoms with Gasteiger partial charge in [-0.05, 0) is 48.7 Å². The molecule has 3 aromatic heterocycles. The maximum absolute atomic E-state index is 14.3. The minimum atomic E-state index is -0.760. The highest BCUT2D eigenvalue weighted by atomic mass is 32.2. The molecule has 13 heteroatoms. The van der Waals surface area contributed by atoms with Crippen LogP contribution in [0.3, 0.4) is 0 Å². The molecule has 0 aliphatic heterocycles. The molecule has 10 nitrogen and oxygen atoms in total. The van der Waals surface area contributed by atoms with E-state index >= 15 is 0 Å². The Hall–Kier alpha value is -5.27. The second kappa shape index (κ2) is 14.5. The zero-order valence-electron chi connectivity index (χ0n) is 26.8. The smallest absolute Gasteiger partial charge is 0.330 e. The van der Waals surface area contributed by atoms with Crippen molar-refractivity contribution < 1.29 is 9.18 Å². The van der Waals surface area contributed by atoms with E-state index in [-0.39, 0.29) is 46.9 Å². The lowest BCUT2D eigenvalue weighted by Crippen LogP contribution is -2.42. The van der Waals surface area contributed by atoms with Crippen molar-refractivity contribution in [3.8, 4) is 16.8 Å². The highest BCUT2D eigenvalue weighted by Crippen LogP contribution is 2.37. The number of nitrogens with zero attached hydrogens (tertiary/aromatic N) is 4. The summed E-state index contributed by atoms with van der Waals surface area (Å²) >= 11 is 2.41. The van der Waals surface area contributed by atoms with Gasteiger partial charge in [0.25, 0.3) is 11.1 Å². The zero-order valence-corrected chi connectivity index (χ0v) is 28.4. The molecule has 3 N–H and O–H groups in total. The van der Waals surface area contributed by atoms with E-state index in [9.17, 15) is 23.6 Å². The van der Waals surface area contributed by atoms with Gasteiger partial charge < -0.3 is 10.6 Å². The van der Waals surface area contributed by atoms with Gasteiger partial charge in [0.1, 0.15) is 16.5 Å². The monoisotopic (exact) mass is 696 g/mol. The van der Waals surface area contributed by atoms with Crippen molar-refractivity contribution in [2.45, 2.75) is 38.4 Å². The molecule has 1 amide bonds. The number of unbranched alkanes of at least 4 members (excludes halogenated alkanes) is 1. The molecule has 49 heavy (non-hydrogen) atoms. The normalized spacial score (nSPS) is 11.2.